The molecule has 18 heavy (non-hydrogen) atoms. The molecule has 2 aromatic rings. The minimum Gasteiger partial charge on any atom is -0.357 e. The number of H-pyrrole nitrogens is 1. The van der Waals surface area contributed by atoms with E-state index in [1.165, 1.54) is 54.5 Å². The average Bonchev–Trinajstić information content (AvgIpc) is 2.77. The van der Waals surface area contributed by atoms with Crippen LogP contribution >= 0.6 is 11.6 Å². The molecule has 0 radical (unpaired) electrons. The Morgan fingerprint density at radius 2 is 2.17 bits per heavy atom. The molecule has 4 rings (SSSR count). The van der Waals surface area contributed by atoms with E-state index >= 15 is 0 Å². The van der Waals surface area contributed by atoms with Gasteiger partial charge in [0.2, 0.25) is 0 Å². The van der Waals surface area contributed by atoms with E-state index in [0.717, 1.165) is 11.4 Å². The minimum atomic E-state index is 0.619. The molecule has 1 unspecified atom stereocenters. The van der Waals surface area contributed by atoms with Gasteiger partial charge in [0, 0.05) is 28.2 Å². The van der Waals surface area contributed by atoms with Gasteiger partial charge in [-0.25, -0.2) is 0 Å². The van der Waals surface area contributed by atoms with Crippen molar-refractivity contribution in [3.63, 3.8) is 0 Å². The van der Waals surface area contributed by atoms with Crippen LogP contribution in [-0.4, -0.2) is 23.0 Å². The van der Waals surface area contributed by atoms with Crippen molar-refractivity contribution in [1.29, 1.82) is 0 Å². The number of nitrogens with zero attached hydrogens (tertiary/aromatic N) is 1. The lowest BCUT2D eigenvalue weighted by molar-refractivity contribution is 0.136. The van der Waals surface area contributed by atoms with Gasteiger partial charge in [-0.05, 0) is 49.6 Å². The second-order valence-electron chi connectivity index (χ2n) is 5.50. The highest BCUT2D eigenvalue weighted by molar-refractivity contribution is 6.31. The van der Waals surface area contributed by atoms with Crippen LogP contribution in [0.4, 0.5) is 0 Å². The van der Waals surface area contributed by atoms with Crippen LogP contribution in [0.25, 0.3) is 10.9 Å². The third-order valence-electron chi connectivity index (χ3n) is 4.50. The summed E-state index contributed by atoms with van der Waals surface area (Å²) in [5.41, 5.74) is 4.21. The Hall–Kier alpha value is -0.990. The molecule has 1 N–H and O–H groups in total. The second kappa shape index (κ2) is 4.01. The first-order valence-electron chi connectivity index (χ1n) is 6.87. The summed E-state index contributed by atoms with van der Waals surface area (Å²) in [7, 11) is 0. The number of halogens is 1. The lowest BCUT2D eigenvalue weighted by atomic mass is 9.91. The fourth-order valence-electron chi connectivity index (χ4n) is 3.64. The Bertz CT molecular complexity index is 602. The molecular weight excluding hydrogens is 244 g/mol. The quantitative estimate of drug-likeness (QED) is 0.761. The molecule has 1 fully saturated rings. The van der Waals surface area contributed by atoms with Gasteiger partial charge in [0.25, 0.3) is 0 Å². The average molecular weight is 261 g/mol. The number of hydrogen-bond acceptors (Lipinski definition) is 1. The van der Waals surface area contributed by atoms with E-state index in [0.29, 0.717) is 6.04 Å². The second-order valence-corrected chi connectivity index (χ2v) is 5.94. The summed E-state index contributed by atoms with van der Waals surface area (Å²) in [5, 5.41) is 2.18. The number of benzene rings is 1. The highest BCUT2D eigenvalue weighted by atomic mass is 35.5. The predicted octanol–water partition coefficient (Wildman–Crippen LogP) is 3.90. The lowest BCUT2D eigenvalue weighted by Crippen LogP contribution is -2.38. The van der Waals surface area contributed by atoms with Crippen molar-refractivity contribution in [2.45, 2.75) is 31.7 Å². The molecule has 3 heteroatoms. The number of piperidine rings is 1. The molecular formula is C15H17ClN2. The minimum absolute atomic E-state index is 0.619. The SMILES string of the molecule is Clc1ccc2[nH]c3c(c2c1)CCN1CCCCC31. The van der Waals surface area contributed by atoms with Gasteiger partial charge in [0.15, 0.2) is 0 Å². The summed E-state index contributed by atoms with van der Waals surface area (Å²) >= 11 is 6.13. The molecule has 0 aliphatic carbocycles. The van der Waals surface area contributed by atoms with Crippen LogP contribution in [0, 0.1) is 0 Å². The standard InChI is InChI=1S/C15H17ClN2/c16-10-4-5-13-12(9-10)11-6-8-18-7-2-1-3-14(18)15(11)17-13/h4-5,9,14,17H,1-3,6-8H2. The summed E-state index contributed by atoms with van der Waals surface area (Å²) in [4.78, 5) is 6.28. The van der Waals surface area contributed by atoms with E-state index in [1.54, 1.807) is 0 Å². The van der Waals surface area contributed by atoms with E-state index in [-0.39, 0.29) is 0 Å². The largest absolute Gasteiger partial charge is 0.357 e. The zero-order valence-electron chi connectivity index (χ0n) is 10.4. The highest BCUT2D eigenvalue weighted by Gasteiger charge is 2.31. The monoisotopic (exact) mass is 260 g/mol. The highest BCUT2D eigenvalue weighted by Crippen LogP contribution is 2.39. The van der Waals surface area contributed by atoms with Crippen LogP contribution in [-0.2, 0) is 6.42 Å². The van der Waals surface area contributed by atoms with E-state index in [4.69, 9.17) is 11.6 Å². The summed E-state index contributed by atoms with van der Waals surface area (Å²) in [6.07, 6.45) is 5.17. The van der Waals surface area contributed by atoms with Crippen molar-refractivity contribution in [3.05, 3.63) is 34.5 Å². The van der Waals surface area contributed by atoms with Crippen LogP contribution < -0.4 is 0 Å². The van der Waals surface area contributed by atoms with Crippen LogP contribution in [0.15, 0.2) is 18.2 Å². The number of nitrogens with one attached hydrogen (secondary N) is 1. The predicted molar refractivity (Wildman–Crippen MR) is 75.2 cm³/mol. The summed E-state index contributed by atoms with van der Waals surface area (Å²) in [5.74, 6) is 0. The van der Waals surface area contributed by atoms with Gasteiger partial charge in [-0.3, -0.25) is 4.90 Å². The summed E-state index contributed by atoms with van der Waals surface area (Å²) in [6, 6.07) is 6.83. The molecule has 2 aliphatic rings. The Morgan fingerprint density at radius 1 is 1.22 bits per heavy atom. The van der Waals surface area contributed by atoms with Crippen molar-refractivity contribution < 1.29 is 0 Å². The Kier molecular flexibility index (Phi) is 2.42. The number of aromatic amines is 1. The molecule has 1 aromatic heterocycles. The van der Waals surface area contributed by atoms with Crippen molar-refractivity contribution in [2.75, 3.05) is 13.1 Å². The molecule has 1 aromatic carbocycles. The van der Waals surface area contributed by atoms with E-state index in [1.807, 2.05) is 6.07 Å². The first kappa shape index (κ1) is 10.9. The van der Waals surface area contributed by atoms with E-state index in [9.17, 15) is 0 Å². The van der Waals surface area contributed by atoms with Crippen LogP contribution in [0.1, 0.15) is 36.6 Å². The Labute approximate surface area is 112 Å². The Morgan fingerprint density at radius 3 is 3.11 bits per heavy atom. The Balaban J connectivity index is 1.89. The fourth-order valence-corrected chi connectivity index (χ4v) is 3.81. The maximum absolute atomic E-state index is 6.13. The van der Waals surface area contributed by atoms with Gasteiger partial charge in [0.05, 0.1) is 6.04 Å². The first-order valence-corrected chi connectivity index (χ1v) is 7.25. The molecule has 0 amide bonds. The molecule has 2 aliphatic heterocycles. The zero-order chi connectivity index (χ0) is 12.1. The molecule has 3 heterocycles. The van der Waals surface area contributed by atoms with Crippen LogP contribution in [0.2, 0.25) is 5.02 Å². The maximum Gasteiger partial charge on any atom is 0.0501 e. The normalized spacial score (nSPS) is 23.9. The third kappa shape index (κ3) is 1.52. The van der Waals surface area contributed by atoms with E-state index in [2.05, 4.69) is 22.0 Å². The maximum atomic E-state index is 6.13. The van der Waals surface area contributed by atoms with Crippen molar-refractivity contribution >= 4 is 22.5 Å². The van der Waals surface area contributed by atoms with Crippen LogP contribution in [0.5, 0.6) is 0 Å². The van der Waals surface area contributed by atoms with Gasteiger partial charge in [-0.15, -0.1) is 0 Å². The lowest BCUT2D eigenvalue weighted by Gasteiger charge is -2.39. The summed E-state index contributed by atoms with van der Waals surface area (Å²) in [6.45, 7) is 2.47. The van der Waals surface area contributed by atoms with Crippen molar-refractivity contribution in [1.82, 2.24) is 9.88 Å². The third-order valence-corrected chi connectivity index (χ3v) is 4.73. The number of aromatic nitrogens is 1. The molecule has 0 saturated carbocycles. The van der Waals surface area contributed by atoms with Gasteiger partial charge in [-0.1, -0.05) is 18.0 Å². The van der Waals surface area contributed by atoms with Gasteiger partial charge in [0.1, 0.15) is 0 Å². The molecule has 0 spiro atoms. The first-order chi connectivity index (χ1) is 8.83. The van der Waals surface area contributed by atoms with E-state index < -0.39 is 0 Å². The van der Waals surface area contributed by atoms with Gasteiger partial charge in [-0.2, -0.15) is 0 Å². The van der Waals surface area contributed by atoms with Crippen molar-refractivity contribution in [3.8, 4) is 0 Å². The topological polar surface area (TPSA) is 19.0 Å². The number of rotatable bonds is 0. The molecule has 2 nitrogen and oxygen atoms in total. The smallest absolute Gasteiger partial charge is 0.0501 e. The van der Waals surface area contributed by atoms with Gasteiger partial charge < -0.3 is 4.98 Å². The molecule has 94 valence electrons. The molecule has 1 saturated heterocycles. The number of hydrogen-bond donors (Lipinski definition) is 1. The zero-order valence-corrected chi connectivity index (χ0v) is 11.1. The number of fused-ring (bicyclic) bond motifs is 5. The van der Waals surface area contributed by atoms with Crippen LogP contribution in [0.3, 0.4) is 0 Å². The fraction of sp³-hybridized carbons (Fsp3) is 0.467. The summed E-state index contributed by atoms with van der Waals surface area (Å²) < 4.78 is 0. The molecule has 0 bridgehead atoms. The molecule has 1 atom stereocenters. The van der Waals surface area contributed by atoms with Gasteiger partial charge >= 0.3 is 0 Å². The van der Waals surface area contributed by atoms with Crippen molar-refractivity contribution in [2.24, 2.45) is 0 Å².